The van der Waals surface area contributed by atoms with Crippen LogP contribution in [0.5, 0.6) is 0 Å². The molecule has 0 atom stereocenters. The Kier molecular flexibility index (Phi) is 5.72. The Balaban J connectivity index is 1.61. The molecule has 1 fully saturated rings. The number of hydrogen-bond donors (Lipinski definition) is 2. The van der Waals surface area contributed by atoms with Crippen molar-refractivity contribution in [1.82, 2.24) is 9.78 Å². The first-order chi connectivity index (χ1) is 14.5. The van der Waals surface area contributed by atoms with Crippen LogP contribution in [0.1, 0.15) is 18.4 Å². The number of nitrogens with one attached hydrogen (secondary N) is 2. The van der Waals surface area contributed by atoms with Gasteiger partial charge in [-0.25, -0.2) is 4.79 Å². The Morgan fingerprint density at radius 2 is 1.80 bits per heavy atom. The Labute approximate surface area is 183 Å². The van der Waals surface area contributed by atoms with Crippen LogP contribution in [0, 0.1) is 11.3 Å². The van der Waals surface area contributed by atoms with Gasteiger partial charge in [0.2, 0.25) is 0 Å². The third-order valence-electron chi connectivity index (χ3n) is 5.09. The zero-order valence-corrected chi connectivity index (χ0v) is 18.1. The quantitative estimate of drug-likeness (QED) is 0.570. The van der Waals surface area contributed by atoms with E-state index in [2.05, 4.69) is 48.7 Å². The fourth-order valence-electron chi connectivity index (χ4n) is 3.63. The number of nitriles is 1. The maximum atomic E-state index is 12.6. The molecule has 2 N–H and O–H groups in total. The highest BCUT2D eigenvalue weighted by atomic mass is 79.9. The van der Waals surface area contributed by atoms with Gasteiger partial charge in [-0.15, -0.1) is 0 Å². The van der Waals surface area contributed by atoms with E-state index in [1.165, 1.54) is 12.8 Å². The lowest BCUT2D eigenvalue weighted by atomic mass is 10.1. The van der Waals surface area contributed by atoms with E-state index in [9.17, 15) is 4.79 Å². The second-order valence-corrected chi connectivity index (χ2v) is 8.05. The van der Waals surface area contributed by atoms with Gasteiger partial charge in [0.1, 0.15) is 0 Å². The number of carbonyl (C=O) groups is 1. The molecule has 8 heteroatoms. The van der Waals surface area contributed by atoms with Crippen LogP contribution in [0.3, 0.4) is 0 Å². The van der Waals surface area contributed by atoms with Crippen molar-refractivity contribution in [1.29, 1.82) is 5.26 Å². The van der Waals surface area contributed by atoms with E-state index in [4.69, 9.17) is 5.26 Å². The van der Waals surface area contributed by atoms with E-state index in [0.29, 0.717) is 16.9 Å². The minimum atomic E-state index is -0.340. The molecular formula is C22H21BrN6O. The molecule has 2 heterocycles. The molecule has 1 saturated heterocycles. The zero-order valence-electron chi connectivity index (χ0n) is 16.5. The van der Waals surface area contributed by atoms with Crippen LogP contribution in [0.2, 0.25) is 0 Å². The van der Waals surface area contributed by atoms with E-state index >= 15 is 0 Å². The van der Waals surface area contributed by atoms with Crippen molar-refractivity contribution in [2.75, 3.05) is 28.6 Å². The smallest absolute Gasteiger partial charge is 0.323 e. The van der Waals surface area contributed by atoms with Crippen LogP contribution in [0.4, 0.5) is 21.9 Å². The molecule has 1 aliphatic rings. The second-order valence-electron chi connectivity index (χ2n) is 7.20. The summed E-state index contributed by atoms with van der Waals surface area (Å²) in [6, 6.07) is 14.6. The van der Waals surface area contributed by atoms with Gasteiger partial charge in [-0.05, 0) is 71.2 Å². The highest BCUT2D eigenvalue weighted by Gasteiger charge is 2.17. The summed E-state index contributed by atoms with van der Waals surface area (Å²) in [6.07, 6.45) is 4.10. The normalized spacial score (nSPS) is 13.2. The third-order valence-corrected chi connectivity index (χ3v) is 5.67. The summed E-state index contributed by atoms with van der Waals surface area (Å²) >= 11 is 3.57. The first kappa shape index (κ1) is 20.0. The average molecular weight is 465 g/mol. The minimum absolute atomic E-state index is 0.340. The fraction of sp³-hybridized carbons (Fsp3) is 0.227. The molecule has 0 unspecified atom stereocenters. The largest absolute Gasteiger partial charge is 0.371 e. The van der Waals surface area contributed by atoms with Gasteiger partial charge in [0, 0.05) is 42.8 Å². The van der Waals surface area contributed by atoms with Crippen molar-refractivity contribution in [3.63, 3.8) is 0 Å². The summed E-state index contributed by atoms with van der Waals surface area (Å²) in [5.41, 5.74) is 4.87. The highest BCUT2D eigenvalue weighted by Crippen LogP contribution is 2.34. The summed E-state index contributed by atoms with van der Waals surface area (Å²) in [4.78, 5) is 14.9. The molecule has 1 aliphatic heterocycles. The maximum Gasteiger partial charge on any atom is 0.323 e. The number of hydrogen-bond acceptors (Lipinski definition) is 4. The van der Waals surface area contributed by atoms with E-state index in [-0.39, 0.29) is 6.03 Å². The van der Waals surface area contributed by atoms with Gasteiger partial charge < -0.3 is 15.5 Å². The molecule has 4 rings (SSSR count). The maximum absolute atomic E-state index is 12.6. The molecule has 3 aromatic rings. The lowest BCUT2D eigenvalue weighted by Crippen LogP contribution is -2.21. The molecule has 2 aromatic carbocycles. The Morgan fingerprint density at radius 3 is 2.43 bits per heavy atom. The summed E-state index contributed by atoms with van der Waals surface area (Å²) in [5.74, 6) is 0. The molecule has 0 saturated carbocycles. The van der Waals surface area contributed by atoms with Gasteiger partial charge in [-0.1, -0.05) is 0 Å². The summed E-state index contributed by atoms with van der Waals surface area (Å²) in [6.45, 7) is 2.01. The zero-order chi connectivity index (χ0) is 21.1. The molecule has 2 amide bonds. The standard InChI is InChI=1S/C22H21BrN6O/c1-28-21(20(23)14-25-28)16-10-18(12-19(11-16)29-8-2-3-9-29)27-22(30)26-17-6-4-15(13-24)5-7-17/h4-7,10-12,14H,2-3,8-9H2,1H3,(H2,26,27,30). The van der Waals surface area contributed by atoms with E-state index < -0.39 is 0 Å². The van der Waals surface area contributed by atoms with E-state index in [0.717, 1.165) is 34.5 Å². The van der Waals surface area contributed by atoms with Crippen molar-refractivity contribution in [3.05, 3.63) is 58.7 Å². The first-order valence-electron chi connectivity index (χ1n) is 9.69. The van der Waals surface area contributed by atoms with Crippen LogP contribution in [0.25, 0.3) is 11.3 Å². The topological polar surface area (TPSA) is 86.0 Å². The number of anilines is 3. The fourth-order valence-corrected chi connectivity index (χ4v) is 4.21. The number of amides is 2. The van der Waals surface area contributed by atoms with Crippen molar-refractivity contribution >= 4 is 39.0 Å². The van der Waals surface area contributed by atoms with Crippen LogP contribution in [-0.2, 0) is 7.05 Å². The molecular weight excluding hydrogens is 444 g/mol. The molecule has 0 bridgehead atoms. The lowest BCUT2D eigenvalue weighted by molar-refractivity contribution is 0.262. The van der Waals surface area contributed by atoms with E-state index in [1.807, 2.05) is 23.9 Å². The number of aryl methyl sites for hydroxylation is 1. The number of nitrogens with zero attached hydrogens (tertiary/aromatic N) is 4. The molecule has 30 heavy (non-hydrogen) atoms. The molecule has 0 radical (unpaired) electrons. The predicted octanol–water partition coefficient (Wildman–Crippen LogP) is 4.97. The van der Waals surface area contributed by atoms with Crippen LogP contribution < -0.4 is 15.5 Å². The molecule has 0 spiro atoms. The number of urea groups is 1. The Hall–Kier alpha value is -3.31. The first-order valence-corrected chi connectivity index (χ1v) is 10.5. The Bertz CT molecular complexity index is 1090. The summed E-state index contributed by atoms with van der Waals surface area (Å²) in [5, 5.41) is 19.0. The highest BCUT2D eigenvalue weighted by molar-refractivity contribution is 9.10. The number of aromatic nitrogens is 2. The number of halogens is 1. The number of carbonyl (C=O) groups excluding carboxylic acids is 1. The summed E-state index contributed by atoms with van der Waals surface area (Å²) in [7, 11) is 1.90. The Morgan fingerprint density at radius 1 is 1.10 bits per heavy atom. The summed E-state index contributed by atoms with van der Waals surface area (Å²) < 4.78 is 2.71. The monoisotopic (exact) mass is 464 g/mol. The van der Waals surface area contributed by atoms with Crippen LogP contribution >= 0.6 is 15.9 Å². The minimum Gasteiger partial charge on any atom is -0.371 e. The predicted molar refractivity (Wildman–Crippen MR) is 122 cm³/mol. The third kappa shape index (κ3) is 4.31. The van der Waals surface area contributed by atoms with Gasteiger partial charge in [-0.3, -0.25) is 4.68 Å². The number of benzene rings is 2. The lowest BCUT2D eigenvalue weighted by Gasteiger charge is -2.20. The van der Waals surface area contributed by atoms with Gasteiger partial charge >= 0.3 is 6.03 Å². The van der Waals surface area contributed by atoms with Crippen LogP contribution in [-0.4, -0.2) is 28.9 Å². The van der Waals surface area contributed by atoms with E-state index in [1.54, 1.807) is 30.5 Å². The SMILES string of the molecule is Cn1ncc(Br)c1-c1cc(NC(=O)Nc2ccc(C#N)cc2)cc(N2CCCC2)c1. The van der Waals surface area contributed by atoms with Gasteiger partial charge in [-0.2, -0.15) is 10.4 Å². The van der Waals surface area contributed by atoms with Gasteiger partial charge in [0.05, 0.1) is 28.0 Å². The van der Waals surface area contributed by atoms with Gasteiger partial charge in [0.15, 0.2) is 0 Å². The van der Waals surface area contributed by atoms with Crippen molar-refractivity contribution < 1.29 is 4.79 Å². The van der Waals surface area contributed by atoms with Gasteiger partial charge in [0.25, 0.3) is 0 Å². The molecule has 0 aliphatic carbocycles. The molecule has 152 valence electrons. The number of rotatable bonds is 4. The molecule has 1 aromatic heterocycles. The van der Waals surface area contributed by atoms with Crippen molar-refractivity contribution in [2.45, 2.75) is 12.8 Å². The van der Waals surface area contributed by atoms with Crippen molar-refractivity contribution in [3.8, 4) is 17.3 Å². The second kappa shape index (κ2) is 8.59. The average Bonchev–Trinajstić information content (AvgIpc) is 3.38. The molecule has 7 nitrogen and oxygen atoms in total. The van der Waals surface area contributed by atoms with Crippen molar-refractivity contribution in [2.24, 2.45) is 7.05 Å². The van der Waals surface area contributed by atoms with Crippen LogP contribution in [0.15, 0.2) is 53.1 Å².